The summed E-state index contributed by atoms with van der Waals surface area (Å²) in [5.41, 5.74) is 3.69. The molecule has 2 aromatic heterocycles. The van der Waals surface area contributed by atoms with Crippen molar-refractivity contribution < 1.29 is 21.6 Å². The second-order valence-corrected chi connectivity index (χ2v) is 11.0. The van der Waals surface area contributed by atoms with E-state index in [2.05, 4.69) is 14.7 Å². The molecule has 0 saturated carbocycles. The van der Waals surface area contributed by atoms with Crippen LogP contribution in [0.5, 0.6) is 0 Å². The molecule has 0 bridgehead atoms. The molecule has 35 heavy (non-hydrogen) atoms. The zero-order valence-corrected chi connectivity index (χ0v) is 20.1. The Hall–Kier alpha value is -3.24. The summed E-state index contributed by atoms with van der Waals surface area (Å²) in [6.45, 7) is 1.82. The van der Waals surface area contributed by atoms with Gasteiger partial charge in [0, 0.05) is 34.9 Å². The van der Waals surface area contributed by atoms with Crippen molar-refractivity contribution in [3.63, 3.8) is 0 Å². The first-order valence-corrected chi connectivity index (χ1v) is 13.2. The van der Waals surface area contributed by atoms with Gasteiger partial charge in [-0.25, -0.2) is 13.4 Å². The van der Waals surface area contributed by atoms with E-state index in [4.69, 9.17) is 0 Å². The van der Waals surface area contributed by atoms with Gasteiger partial charge in [0.1, 0.15) is 0 Å². The molecule has 0 radical (unpaired) electrons. The Morgan fingerprint density at radius 1 is 1.03 bits per heavy atom. The van der Waals surface area contributed by atoms with Gasteiger partial charge in [0.15, 0.2) is 5.13 Å². The first-order chi connectivity index (χ1) is 16.6. The molecule has 2 aromatic carbocycles. The lowest BCUT2D eigenvalue weighted by Crippen LogP contribution is -2.13. The Morgan fingerprint density at radius 2 is 1.83 bits per heavy atom. The summed E-state index contributed by atoms with van der Waals surface area (Å²) in [6.07, 6.45) is -0.0819. The van der Waals surface area contributed by atoms with Gasteiger partial charge in [0.05, 0.1) is 10.5 Å². The van der Waals surface area contributed by atoms with E-state index in [0.29, 0.717) is 24.0 Å². The summed E-state index contributed by atoms with van der Waals surface area (Å²) in [6, 6.07) is 12.3. The Balaban J connectivity index is 1.54. The Kier molecular flexibility index (Phi) is 5.88. The molecule has 5 rings (SSSR count). The number of aryl methyl sites for hydroxylation is 2. The van der Waals surface area contributed by atoms with E-state index in [9.17, 15) is 21.6 Å². The summed E-state index contributed by atoms with van der Waals surface area (Å²) >= 11 is 1.18. The maximum absolute atomic E-state index is 13.5. The van der Waals surface area contributed by atoms with Gasteiger partial charge in [0.2, 0.25) is 0 Å². The lowest BCUT2D eigenvalue weighted by Gasteiger charge is -2.19. The highest BCUT2D eigenvalue weighted by Crippen LogP contribution is 2.44. The Bertz CT molecular complexity index is 1480. The first-order valence-electron chi connectivity index (χ1n) is 10.8. The summed E-state index contributed by atoms with van der Waals surface area (Å²) in [5.74, 6) is -0.160. The number of halogens is 3. The maximum Gasteiger partial charge on any atom is 0.416 e. The van der Waals surface area contributed by atoms with Crippen LogP contribution in [-0.2, 0) is 22.6 Å². The van der Waals surface area contributed by atoms with Crippen molar-refractivity contribution in [1.29, 1.82) is 0 Å². The van der Waals surface area contributed by atoms with Crippen LogP contribution in [-0.4, -0.2) is 18.4 Å². The minimum Gasteiger partial charge on any atom is -0.261 e. The molecule has 0 amide bonds. The molecule has 1 aliphatic rings. The monoisotopic (exact) mass is 515 g/mol. The Morgan fingerprint density at radius 3 is 2.51 bits per heavy atom. The number of aromatic nitrogens is 2. The second-order valence-electron chi connectivity index (χ2n) is 8.38. The number of fused-ring (bicyclic) bond motifs is 1. The molecule has 0 spiro atoms. The van der Waals surface area contributed by atoms with Crippen molar-refractivity contribution in [3.8, 4) is 11.1 Å². The molecule has 4 aromatic rings. The molecule has 0 saturated heterocycles. The van der Waals surface area contributed by atoms with Crippen LogP contribution >= 0.6 is 11.3 Å². The average Bonchev–Trinajstić information content (AvgIpc) is 3.47. The van der Waals surface area contributed by atoms with E-state index in [1.807, 2.05) is 6.92 Å². The predicted molar refractivity (Wildman–Crippen MR) is 129 cm³/mol. The fourth-order valence-corrected chi connectivity index (χ4v) is 6.28. The van der Waals surface area contributed by atoms with Crippen molar-refractivity contribution in [1.82, 2.24) is 9.97 Å². The number of hydrogen-bond donors (Lipinski definition) is 1. The third kappa shape index (κ3) is 4.68. The highest BCUT2D eigenvalue weighted by molar-refractivity contribution is 7.93. The van der Waals surface area contributed by atoms with Crippen LogP contribution in [0.25, 0.3) is 11.1 Å². The van der Waals surface area contributed by atoms with E-state index in [1.165, 1.54) is 35.7 Å². The molecule has 1 aliphatic carbocycles. The van der Waals surface area contributed by atoms with E-state index in [0.717, 1.165) is 28.5 Å². The molecular weight excluding hydrogens is 495 g/mol. The molecular formula is C25H20F3N3O2S2. The smallest absolute Gasteiger partial charge is 0.261 e. The van der Waals surface area contributed by atoms with Crippen molar-refractivity contribution in [3.05, 3.63) is 94.3 Å². The fraction of sp³-hybridized carbons (Fsp3) is 0.200. The minimum absolute atomic E-state index is 0.127. The number of pyridine rings is 1. The van der Waals surface area contributed by atoms with Gasteiger partial charge in [-0.3, -0.25) is 9.71 Å². The Labute approximate surface area is 204 Å². The van der Waals surface area contributed by atoms with E-state index >= 15 is 0 Å². The second kappa shape index (κ2) is 8.76. The zero-order valence-electron chi connectivity index (χ0n) is 18.5. The molecule has 10 heteroatoms. The topological polar surface area (TPSA) is 72.0 Å². The number of hydrogen-bond acceptors (Lipinski definition) is 5. The van der Waals surface area contributed by atoms with E-state index in [1.54, 1.807) is 35.8 Å². The van der Waals surface area contributed by atoms with E-state index in [-0.39, 0.29) is 15.9 Å². The summed E-state index contributed by atoms with van der Waals surface area (Å²) in [5, 5.41) is 1.96. The molecule has 1 N–H and O–H groups in total. The number of nitrogens with one attached hydrogen (secondary N) is 1. The number of nitrogens with zero attached hydrogens (tertiary/aromatic N) is 2. The summed E-state index contributed by atoms with van der Waals surface area (Å²) < 4.78 is 68.6. The molecule has 5 nitrogen and oxygen atoms in total. The molecule has 2 heterocycles. The van der Waals surface area contributed by atoms with Crippen LogP contribution in [0.2, 0.25) is 0 Å². The molecule has 0 unspecified atom stereocenters. The van der Waals surface area contributed by atoms with Gasteiger partial charge in [-0.15, -0.1) is 11.3 Å². The number of thiazole rings is 1. The van der Waals surface area contributed by atoms with Crippen molar-refractivity contribution in [2.45, 2.75) is 36.8 Å². The van der Waals surface area contributed by atoms with Gasteiger partial charge in [-0.2, -0.15) is 13.2 Å². The van der Waals surface area contributed by atoms with Crippen molar-refractivity contribution >= 4 is 26.5 Å². The SMILES string of the molecule is Cc1ccc(-c2cc(C(F)(F)F)ccc2[C@@H]2CCc3cc(S(=O)(=O)Nc4nccs4)ccc32)cn1. The van der Waals surface area contributed by atoms with Crippen LogP contribution in [0.4, 0.5) is 18.3 Å². The highest BCUT2D eigenvalue weighted by atomic mass is 32.2. The largest absolute Gasteiger partial charge is 0.416 e. The van der Waals surface area contributed by atoms with Gasteiger partial charge in [-0.1, -0.05) is 18.2 Å². The average molecular weight is 516 g/mol. The van der Waals surface area contributed by atoms with Crippen molar-refractivity contribution in [2.75, 3.05) is 4.72 Å². The van der Waals surface area contributed by atoms with Gasteiger partial charge >= 0.3 is 6.18 Å². The molecule has 180 valence electrons. The van der Waals surface area contributed by atoms with Gasteiger partial charge < -0.3 is 0 Å². The van der Waals surface area contributed by atoms with E-state index < -0.39 is 21.8 Å². The predicted octanol–water partition coefficient (Wildman–Crippen LogP) is 6.41. The lowest BCUT2D eigenvalue weighted by atomic mass is 9.86. The third-order valence-corrected chi connectivity index (χ3v) is 8.29. The number of anilines is 1. The summed E-state index contributed by atoms with van der Waals surface area (Å²) in [4.78, 5) is 8.36. The van der Waals surface area contributed by atoms with Crippen LogP contribution in [0, 0.1) is 6.92 Å². The third-order valence-electron chi connectivity index (χ3n) is 6.13. The highest BCUT2D eigenvalue weighted by Gasteiger charge is 2.33. The fourth-order valence-electron chi connectivity index (χ4n) is 4.45. The molecule has 0 aliphatic heterocycles. The zero-order chi connectivity index (χ0) is 24.8. The van der Waals surface area contributed by atoms with Gasteiger partial charge in [-0.05, 0) is 72.4 Å². The first kappa shape index (κ1) is 23.5. The standard InChI is InChI=1S/C25H20F3N3O2S2/c1-15-2-3-17(14-30-15)23-13-18(25(26,27)28)5-8-22(23)21-7-4-16-12-19(6-9-20(16)21)35(32,33)31-24-29-10-11-34-24/h2-3,5-6,8-14,21H,4,7H2,1H3,(H,29,31)/t21-/m1/s1. The van der Waals surface area contributed by atoms with Crippen molar-refractivity contribution in [2.24, 2.45) is 0 Å². The molecule has 1 atom stereocenters. The summed E-state index contributed by atoms with van der Waals surface area (Å²) in [7, 11) is -3.80. The van der Waals surface area contributed by atoms with Crippen LogP contribution < -0.4 is 4.72 Å². The number of alkyl halides is 3. The number of benzene rings is 2. The van der Waals surface area contributed by atoms with Crippen LogP contribution in [0.1, 0.15) is 40.3 Å². The number of rotatable bonds is 5. The van der Waals surface area contributed by atoms with Gasteiger partial charge in [0.25, 0.3) is 10.0 Å². The quantitative estimate of drug-likeness (QED) is 0.333. The number of sulfonamides is 1. The van der Waals surface area contributed by atoms with Crippen LogP contribution in [0.15, 0.2) is 71.2 Å². The minimum atomic E-state index is -4.47. The molecule has 0 fully saturated rings. The normalized spacial score (nSPS) is 15.7. The maximum atomic E-state index is 13.5. The van der Waals surface area contributed by atoms with Crippen LogP contribution in [0.3, 0.4) is 0 Å². The lowest BCUT2D eigenvalue weighted by molar-refractivity contribution is -0.137.